The monoisotopic (exact) mass is 386 g/mol. The normalized spacial score (nSPS) is 39.3. The van der Waals surface area contributed by atoms with E-state index in [1.165, 1.54) is 12.8 Å². The summed E-state index contributed by atoms with van der Waals surface area (Å²) in [5, 5.41) is 1.77. The molecule has 0 saturated heterocycles. The quantitative estimate of drug-likeness (QED) is 0.503. The third-order valence-electron chi connectivity index (χ3n) is 8.29. The third kappa shape index (κ3) is 4.22. The molecule has 2 saturated carbocycles. The van der Waals surface area contributed by atoms with E-state index in [9.17, 15) is 0 Å². The van der Waals surface area contributed by atoms with Crippen LogP contribution in [0.15, 0.2) is 30.3 Å². The molecular formula is C24H42Si2. The number of hydrogen-bond donors (Lipinski definition) is 0. The molecule has 1 aromatic carbocycles. The first-order valence-electron chi connectivity index (χ1n) is 11.2. The van der Waals surface area contributed by atoms with Crippen LogP contribution >= 0.6 is 0 Å². The molecule has 0 aliphatic heterocycles. The van der Waals surface area contributed by atoms with Gasteiger partial charge in [-0.1, -0.05) is 108 Å². The summed E-state index contributed by atoms with van der Waals surface area (Å²) in [4.78, 5) is 0. The van der Waals surface area contributed by atoms with Crippen LogP contribution in [-0.4, -0.2) is 16.9 Å². The Morgan fingerprint density at radius 2 is 1.42 bits per heavy atom. The fourth-order valence-electron chi connectivity index (χ4n) is 6.77. The van der Waals surface area contributed by atoms with Crippen LogP contribution in [0.2, 0.25) is 36.8 Å². The van der Waals surface area contributed by atoms with Crippen molar-refractivity contribution in [1.29, 1.82) is 0 Å². The van der Waals surface area contributed by atoms with Crippen LogP contribution in [0.1, 0.15) is 47.0 Å². The standard InChI is InChI=1S/C24H42Si2/c1-17-18(2)20(4)24(19(17)3)25(22-11-9-8-10-12-22)23-14-13-21(15-23)16-26(5,6)7/h8-12,17-21,23-25H,13-16H2,1-7H3/t17?,18?,19?,20?,21?,23?,24?,25-/m0/s1. The van der Waals surface area contributed by atoms with Crippen molar-refractivity contribution in [3.05, 3.63) is 30.3 Å². The van der Waals surface area contributed by atoms with Gasteiger partial charge in [-0.3, -0.25) is 0 Å². The van der Waals surface area contributed by atoms with Gasteiger partial charge < -0.3 is 0 Å². The van der Waals surface area contributed by atoms with Crippen molar-refractivity contribution < 1.29 is 0 Å². The first kappa shape index (κ1) is 20.4. The second kappa shape index (κ2) is 7.95. The largest absolute Gasteiger partial charge is 0.0775 e. The molecule has 7 atom stereocenters. The molecule has 6 unspecified atom stereocenters. The van der Waals surface area contributed by atoms with Crippen LogP contribution in [-0.2, 0) is 0 Å². The van der Waals surface area contributed by atoms with Gasteiger partial charge in [0.05, 0.1) is 8.80 Å². The molecule has 146 valence electrons. The van der Waals surface area contributed by atoms with Crippen LogP contribution in [0, 0.1) is 29.6 Å². The summed E-state index contributed by atoms with van der Waals surface area (Å²) < 4.78 is 0. The van der Waals surface area contributed by atoms with Crippen molar-refractivity contribution >= 4 is 22.1 Å². The first-order chi connectivity index (χ1) is 12.2. The molecule has 2 fully saturated rings. The molecule has 0 N–H and O–H groups in total. The lowest BCUT2D eigenvalue weighted by atomic mass is 9.92. The van der Waals surface area contributed by atoms with E-state index in [2.05, 4.69) is 77.7 Å². The van der Waals surface area contributed by atoms with E-state index in [4.69, 9.17) is 0 Å². The molecule has 0 heterocycles. The summed E-state index contributed by atoms with van der Waals surface area (Å²) in [6.45, 7) is 17.9. The van der Waals surface area contributed by atoms with Gasteiger partial charge in [0.25, 0.3) is 0 Å². The highest BCUT2D eigenvalue weighted by molar-refractivity contribution is 6.77. The Kier molecular flexibility index (Phi) is 6.23. The molecule has 0 aromatic heterocycles. The lowest BCUT2D eigenvalue weighted by molar-refractivity contribution is 0.352. The van der Waals surface area contributed by atoms with E-state index in [0.29, 0.717) is 0 Å². The number of rotatable bonds is 5. The first-order valence-corrected chi connectivity index (χ1v) is 16.9. The van der Waals surface area contributed by atoms with Gasteiger partial charge in [-0.15, -0.1) is 0 Å². The van der Waals surface area contributed by atoms with E-state index < -0.39 is 16.9 Å². The van der Waals surface area contributed by atoms with Gasteiger partial charge in [-0.05, 0) is 40.7 Å². The van der Waals surface area contributed by atoms with E-state index in [1.54, 1.807) is 17.7 Å². The van der Waals surface area contributed by atoms with E-state index in [-0.39, 0.29) is 0 Å². The van der Waals surface area contributed by atoms with Gasteiger partial charge in [0.1, 0.15) is 0 Å². The zero-order chi connectivity index (χ0) is 19.1. The molecule has 0 amide bonds. The molecule has 2 aliphatic carbocycles. The van der Waals surface area contributed by atoms with E-state index in [0.717, 1.165) is 40.7 Å². The minimum Gasteiger partial charge on any atom is -0.0695 e. The zero-order valence-corrected chi connectivity index (χ0v) is 20.5. The van der Waals surface area contributed by atoms with Crippen LogP contribution in [0.4, 0.5) is 0 Å². The molecule has 26 heavy (non-hydrogen) atoms. The lowest BCUT2D eigenvalue weighted by Crippen LogP contribution is -2.42. The molecule has 2 aliphatic rings. The van der Waals surface area contributed by atoms with Crippen LogP contribution < -0.4 is 5.19 Å². The summed E-state index contributed by atoms with van der Waals surface area (Å²) in [6, 6.07) is 13.4. The van der Waals surface area contributed by atoms with Crippen molar-refractivity contribution in [2.45, 2.75) is 83.7 Å². The van der Waals surface area contributed by atoms with Crippen molar-refractivity contribution in [3.63, 3.8) is 0 Å². The molecule has 2 heteroatoms. The maximum atomic E-state index is 2.59. The molecule has 1 aromatic rings. The number of benzene rings is 1. The van der Waals surface area contributed by atoms with Gasteiger partial charge >= 0.3 is 0 Å². The predicted molar refractivity (Wildman–Crippen MR) is 123 cm³/mol. The molecular weight excluding hydrogens is 344 g/mol. The fraction of sp³-hybridized carbons (Fsp3) is 0.750. The van der Waals surface area contributed by atoms with Crippen molar-refractivity contribution in [2.24, 2.45) is 29.6 Å². The maximum absolute atomic E-state index is 2.59. The Bertz CT molecular complexity index is 562. The van der Waals surface area contributed by atoms with E-state index >= 15 is 0 Å². The molecule has 0 radical (unpaired) electrons. The van der Waals surface area contributed by atoms with Gasteiger partial charge in [0, 0.05) is 8.07 Å². The third-order valence-corrected chi connectivity index (χ3v) is 14.9. The van der Waals surface area contributed by atoms with Crippen molar-refractivity contribution in [3.8, 4) is 0 Å². The summed E-state index contributed by atoms with van der Waals surface area (Å²) in [5.41, 5.74) is 2.05. The Morgan fingerprint density at radius 3 is 1.96 bits per heavy atom. The second-order valence-corrected chi connectivity index (χ2v) is 20.1. The van der Waals surface area contributed by atoms with Crippen LogP contribution in [0.5, 0.6) is 0 Å². The van der Waals surface area contributed by atoms with Crippen molar-refractivity contribution in [1.82, 2.24) is 0 Å². The number of hydrogen-bond acceptors (Lipinski definition) is 0. The maximum Gasteiger partial charge on any atom is 0.0775 e. The topological polar surface area (TPSA) is 0 Å². The zero-order valence-electron chi connectivity index (χ0n) is 18.3. The average Bonchev–Trinajstić information content (AvgIpc) is 3.09. The van der Waals surface area contributed by atoms with Crippen LogP contribution in [0.25, 0.3) is 0 Å². The summed E-state index contributed by atoms with van der Waals surface area (Å²) in [6.07, 6.45) is 4.60. The highest BCUT2D eigenvalue weighted by Gasteiger charge is 2.49. The molecule has 0 bridgehead atoms. The van der Waals surface area contributed by atoms with E-state index in [1.807, 2.05) is 0 Å². The SMILES string of the molecule is CC1C(C)C(C)C([Si@@H](c2ccccc2)C2CCC(C[Si](C)(C)C)C2)C1C. The highest BCUT2D eigenvalue weighted by Crippen LogP contribution is 2.54. The molecule has 0 nitrogen and oxygen atoms in total. The Hall–Kier alpha value is -0.346. The Labute approximate surface area is 165 Å². The minimum absolute atomic E-state index is 0.896. The summed E-state index contributed by atoms with van der Waals surface area (Å²) >= 11 is 0. The van der Waals surface area contributed by atoms with Gasteiger partial charge in [-0.25, -0.2) is 0 Å². The molecule has 3 rings (SSSR count). The Balaban J connectivity index is 1.86. The molecule has 0 spiro atoms. The Morgan fingerprint density at radius 1 is 0.846 bits per heavy atom. The smallest absolute Gasteiger partial charge is 0.0695 e. The lowest BCUT2D eigenvalue weighted by Gasteiger charge is -2.35. The highest BCUT2D eigenvalue weighted by atomic mass is 28.3. The predicted octanol–water partition coefficient (Wildman–Crippen LogP) is 6.56. The summed E-state index contributed by atoms with van der Waals surface area (Å²) in [7, 11) is -1.91. The minimum atomic E-state index is -0.981. The van der Waals surface area contributed by atoms with Crippen LogP contribution in [0.3, 0.4) is 0 Å². The van der Waals surface area contributed by atoms with Gasteiger partial charge in [0.15, 0.2) is 0 Å². The fourth-order valence-corrected chi connectivity index (χ4v) is 14.4. The van der Waals surface area contributed by atoms with Gasteiger partial charge in [0.2, 0.25) is 0 Å². The second-order valence-electron chi connectivity index (χ2n) is 11.2. The van der Waals surface area contributed by atoms with Gasteiger partial charge in [-0.2, -0.15) is 0 Å². The van der Waals surface area contributed by atoms with Crippen molar-refractivity contribution in [2.75, 3.05) is 0 Å². The summed E-state index contributed by atoms with van der Waals surface area (Å²) in [5.74, 6) is 4.65. The average molecular weight is 387 g/mol.